The van der Waals surface area contributed by atoms with Gasteiger partial charge in [-0.15, -0.1) is 0 Å². The third-order valence-corrected chi connectivity index (χ3v) is 7.64. The number of halogens is 7. The molecule has 1 N–H and O–H groups in total. The summed E-state index contributed by atoms with van der Waals surface area (Å²) in [6, 6.07) is 17.9. The van der Waals surface area contributed by atoms with Crippen LogP contribution in [0.5, 0.6) is 0 Å². The molecule has 1 heterocycles. The molecular formula is C32H32F7NO4. The summed E-state index contributed by atoms with van der Waals surface area (Å²) in [6.45, 7) is 5.09. The van der Waals surface area contributed by atoms with Crippen LogP contribution in [0.1, 0.15) is 48.9 Å². The van der Waals surface area contributed by atoms with E-state index in [1.54, 1.807) is 20.8 Å². The molecule has 1 aliphatic rings. The Morgan fingerprint density at radius 3 is 1.98 bits per heavy atom. The van der Waals surface area contributed by atoms with E-state index in [1.165, 1.54) is 29.2 Å². The predicted molar refractivity (Wildman–Crippen MR) is 147 cm³/mol. The molecule has 1 amide bonds. The number of hydrogen-bond acceptors (Lipinski definition) is 4. The molecule has 12 heteroatoms. The van der Waals surface area contributed by atoms with Crippen LogP contribution in [-0.2, 0) is 27.1 Å². The summed E-state index contributed by atoms with van der Waals surface area (Å²) in [7, 11) is 0. The molecule has 0 aromatic heterocycles. The van der Waals surface area contributed by atoms with Gasteiger partial charge in [0.2, 0.25) is 0 Å². The minimum Gasteiger partial charge on any atom is -0.444 e. The Kier molecular flexibility index (Phi) is 9.10. The average Bonchev–Trinajstić information content (AvgIpc) is 3.32. The molecule has 0 unspecified atom stereocenters. The van der Waals surface area contributed by atoms with Crippen LogP contribution in [0.4, 0.5) is 35.5 Å². The summed E-state index contributed by atoms with van der Waals surface area (Å²) in [5, 5.41) is 9.89. The molecule has 3 aromatic carbocycles. The first kappa shape index (κ1) is 33.3. The quantitative estimate of drug-likeness (QED) is 0.274. The zero-order valence-corrected chi connectivity index (χ0v) is 24.2. The maximum atomic E-state index is 14.0. The minimum atomic E-state index is -6.04. The van der Waals surface area contributed by atoms with Crippen molar-refractivity contribution in [2.75, 3.05) is 19.7 Å². The molecule has 0 radical (unpaired) electrons. The Morgan fingerprint density at radius 1 is 0.886 bits per heavy atom. The summed E-state index contributed by atoms with van der Waals surface area (Å²) in [5.41, 5.74) is -6.83. The van der Waals surface area contributed by atoms with Gasteiger partial charge in [-0.3, -0.25) is 0 Å². The van der Waals surface area contributed by atoms with Crippen LogP contribution < -0.4 is 0 Å². The summed E-state index contributed by atoms with van der Waals surface area (Å²) in [6.07, 6.45) is -12.8. The number of amides is 1. The Balaban J connectivity index is 1.80. The second-order valence-corrected chi connectivity index (χ2v) is 11.9. The Morgan fingerprint density at radius 2 is 1.45 bits per heavy atom. The highest BCUT2D eigenvalue weighted by atomic mass is 19.4. The number of alkyl halides is 6. The standard InChI is InChI=1S/C32H32F7NO4/c1-28(2,3)44-27(41)40-17-26(22-9-11-24(12-10-22)30(42,31(34,35)36)32(37,38)39)29(19-40,23-13-15-25(33)16-14-23)20-43-18-21-7-5-4-6-8-21/h4-16,26,42H,17-20H2,1-3H3/t26-,29-/m0/s1. The number of hydrogen-bond donors (Lipinski definition) is 1. The third kappa shape index (κ3) is 6.71. The molecule has 1 aliphatic heterocycles. The molecule has 5 nitrogen and oxygen atoms in total. The van der Waals surface area contributed by atoms with Crippen molar-refractivity contribution in [1.82, 2.24) is 4.90 Å². The molecular weight excluding hydrogens is 595 g/mol. The largest absolute Gasteiger partial charge is 0.444 e. The van der Waals surface area contributed by atoms with E-state index in [0.29, 0.717) is 17.7 Å². The highest BCUT2D eigenvalue weighted by Crippen LogP contribution is 2.51. The molecule has 0 bridgehead atoms. The first-order valence-corrected chi connectivity index (χ1v) is 13.7. The van der Waals surface area contributed by atoms with Gasteiger partial charge in [-0.2, -0.15) is 26.3 Å². The fourth-order valence-electron chi connectivity index (χ4n) is 5.47. The van der Waals surface area contributed by atoms with E-state index in [4.69, 9.17) is 9.47 Å². The first-order chi connectivity index (χ1) is 20.4. The van der Waals surface area contributed by atoms with Crippen molar-refractivity contribution in [2.24, 2.45) is 0 Å². The number of likely N-dealkylation sites (tertiary alicyclic amines) is 1. The molecule has 3 aromatic rings. The topological polar surface area (TPSA) is 59.0 Å². The highest BCUT2D eigenvalue weighted by molar-refractivity contribution is 5.69. The lowest BCUT2D eigenvalue weighted by molar-refractivity contribution is -0.376. The summed E-state index contributed by atoms with van der Waals surface area (Å²) in [5.74, 6) is -1.27. The minimum absolute atomic E-state index is 0.0101. The summed E-state index contributed by atoms with van der Waals surface area (Å²) >= 11 is 0. The summed E-state index contributed by atoms with van der Waals surface area (Å²) in [4.78, 5) is 14.6. The second-order valence-electron chi connectivity index (χ2n) is 11.9. The number of carbonyl (C=O) groups excluding carboxylic acids is 1. The van der Waals surface area contributed by atoms with Crippen molar-refractivity contribution in [1.29, 1.82) is 0 Å². The van der Waals surface area contributed by atoms with Gasteiger partial charge in [0.05, 0.1) is 13.2 Å². The van der Waals surface area contributed by atoms with Crippen LogP contribution in [0.3, 0.4) is 0 Å². The van der Waals surface area contributed by atoms with Gasteiger partial charge in [0.15, 0.2) is 0 Å². The van der Waals surface area contributed by atoms with Crippen molar-refractivity contribution in [3.8, 4) is 0 Å². The molecule has 1 fully saturated rings. The molecule has 44 heavy (non-hydrogen) atoms. The van der Waals surface area contributed by atoms with E-state index in [-0.39, 0.29) is 31.9 Å². The van der Waals surface area contributed by atoms with Crippen LogP contribution in [0.15, 0.2) is 78.9 Å². The maximum absolute atomic E-state index is 14.0. The Bertz CT molecular complexity index is 1400. The van der Waals surface area contributed by atoms with Crippen LogP contribution in [0.2, 0.25) is 0 Å². The van der Waals surface area contributed by atoms with E-state index in [1.807, 2.05) is 30.3 Å². The van der Waals surface area contributed by atoms with E-state index >= 15 is 0 Å². The van der Waals surface area contributed by atoms with Crippen molar-refractivity contribution in [3.63, 3.8) is 0 Å². The number of benzene rings is 3. The fourth-order valence-corrected chi connectivity index (χ4v) is 5.47. The number of aliphatic hydroxyl groups is 1. The van der Waals surface area contributed by atoms with Crippen LogP contribution >= 0.6 is 0 Å². The predicted octanol–water partition coefficient (Wildman–Crippen LogP) is 7.63. The van der Waals surface area contributed by atoms with Gasteiger partial charge in [0, 0.05) is 30.0 Å². The van der Waals surface area contributed by atoms with Gasteiger partial charge in [0.25, 0.3) is 5.60 Å². The average molecular weight is 628 g/mol. The van der Waals surface area contributed by atoms with E-state index in [9.17, 15) is 40.6 Å². The molecule has 4 rings (SSSR count). The lowest BCUT2D eigenvalue weighted by atomic mass is 9.70. The maximum Gasteiger partial charge on any atom is 0.430 e. The van der Waals surface area contributed by atoms with Crippen LogP contribution in [0, 0.1) is 5.82 Å². The highest BCUT2D eigenvalue weighted by Gasteiger charge is 2.71. The molecule has 2 atom stereocenters. The third-order valence-electron chi connectivity index (χ3n) is 7.64. The van der Waals surface area contributed by atoms with Crippen molar-refractivity contribution >= 4 is 6.09 Å². The zero-order chi connectivity index (χ0) is 32.6. The van der Waals surface area contributed by atoms with Gasteiger partial charge >= 0.3 is 18.4 Å². The van der Waals surface area contributed by atoms with Crippen LogP contribution in [0.25, 0.3) is 0 Å². The first-order valence-electron chi connectivity index (χ1n) is 13.7. The van der Waals surface area contributed by atoms with Crippen LogP contribution in [-0.4, -0.2) is 53.7 Å². The van der Waals surface area contributed by atoms with E-state index in [0.717, 1.165) is 17.7 Å². The van der Waals surface area contributed by atoms with E-state index < -0.39 is 52.4 Å². The zero-order valence-electron chi connectivity index (χ0n) is 24.2. The van der Waals surface area contributed by atoms with Crippen molar-refractivity contribution in [3.05, 3.63) is 107 Å². The van der Waals surface area contributed by atoms with Crippen molar-refractivity contribution in [2.45, 2.75) is 62.3 Å². The molecule has 1 saturated heterocycles. The molecule has 0 spiro atoms. The summed E-state index contributed by atoms with van der Waals surface area (Å²) < 4.78 is 107. The van der Waals surface area contributed by atoms with Crippen molar-refractivity contribution < 1.29 is 50.1 Å². The van der Waals surface area contributed by atoms with Gasteiger partial charge in [0.1, 0.15) is 11.4 Å². The Labute approximate surface area is 250 Å². The number of ether oxygens (including phenoxy) is 2. The van der Waals surface area contributed by atoms with Gasteiger partial charge in [-0.25, -0.2) is 9.18 Å². The monoisotopic (exact) mass is 627 g/mol. The van der Waals surface area contributed by atoms with Gasteiger partial charge in [-0.05, 0) is 49.6 Å². The SMILES string of the molecule is CC(C)(C)OC(=O)N1C[C@@H](c2ccc(C(O)(C(F)(F)F)C(F)(F)F)cc2)[C@@](COCc2ccccc2)(c2ccc(F)cc2)C1. The van der Waals surface area contributed by atoms with Gasteiger partial charge < -0.3 is 19.5 Å². The molecule has 0 saturated carbocycles. The van der Waals surface area contributed by atoms with Gasteiger partial charge in [-0.1, -0.05) is 66.7 Å². The number of nitrogens with zero attached hydrogens (tertiary/aromatic N) is 1. The number of rotatable bonds is 7. The lowest BCUT2D eigenvalue weighted by Crippen LogP contribution is -2.53. The normalized spacial score (nSPS) is 19.7. The molecule has 0 aliphatic carbocycles. The fraction of sp³-hybridized carbons (Fsp3) is 0.406. The smallest absolute Gasteiger partial charge is 0.430 e. The van der Waals surface area contributed by atoms with E-state index in [2.05, 4.69) is 0 Å². The number of carbonyl (C=O) groups is 1. The Hall–Kier alpha value is -3.64. The molecule has 238 valence electrons. The lowest BCUT2D eigenvalue weighted by Gasteiger charge is -2.36. The second kappa shape index (κ2) is 12.0.